The molecule has 0 saturated carbocycles. The summed E-state index contributed by atoms with van der Waals surface area (Å²) in [5, 5.41) is 4.96. The van der Waals surface area contributed by atoms with Gasteiger partial charge in [0.25, 0.3) is 5.91 Å². The highest BCUT2D eigenvalue weighted by Gasteiger charge is 2.22. The lowest BCUT2D eigenvalue weighted by Crippen LogP contribution is -2.17. The van der Waals surface area contributed by atoms with Gasteiger partial charge < -0.3 is 14.8 Å². The molecule has 1 aliphatic rings. The van der Waals surface area contributed by atoms with Gasteiger partial charge in [-0.15, -0.1) is 0 Å². The number of thioether (sulfide) groups is 1. The molecule has 1 amide bonds. The third-order valence-electron chi connectivity index (χ3n) is 4.39. The largest absolute Gasteiger partial charge is 0.493 e. The zero-order valence-corrected chi connectivity index (χ0v) is 16.7. The second-order valence-electron chi connectivity index (χ2n) is 6.19. The number of methoxy groups -OCH3 is 1. The van der Waals surface area contributed by atoms with Gasteiger partial charge in [-0.2, -0.15) is 0 Å². The van der Waals surface area contributed by atoms with Crippen molar-refractivity contribution >= 4 is 51.1 Å². The Labute approximate surface area is 172 Å². The maximum absolute atomic E-state index is 11.9. The number of rotatable bonds is 5. The van der Waals surface area contributed by atoms with E-state index >= 15 is 0 Å². The quantitative estimate of drug-likeness (QED) is 0.481. The van der Waals surface area contributed by atoms with Crippen molar-refractivity contribution in [2.75, 3.05) is 7.11 Å². The Hall–Kier alpha value is -2.83. The van der Waals surface area contributed by atoms with Crippen molar-refractivity contribution in [2.24, 2.45) is 0 Å². The van der Waals surface area contributed by atoms with Crippen molar-refractivity contribution < 1.29 is 14.3 Å². The van der Waals surface area contributed by atoms with Gasteiger partial charge in [-0.25, -0.2) is 0 Å². The van der Waals surface area contributed by atoms with E-state index in [4.69, 9.17) is 21.7 Å². The average Bonchev–Trinajstić information content (AvgIpc) is 3.03. The number of hydrogen-bond acceptors (Lipinski definition) is 5. The van der Waals surface area contributed by atoms with E-state index in [1.807, 2.05) is 36.4 Å². The van der Waals surface area contributed by atoms with Crippen LogP contribution in [0.1, 0.15) is 11.1 Å². The molecule has 0 aromatic heterocycles. The Bertz CT molecular complexity index is 1100. The molecule has 6 heteroatoms. The number of thiocarbonyl (C=S) groups is 1. The van der Waals surface area contributed by atoms with Crippen LogP contribution in [0.15, 0.2) is 65.6 Å². The van der Waals surface area contributed by atoms with E-state index in [1.54, 1.807) is 13.2 Å². The fourth-order valence-electron chi connectivity index (χ4n) is 3.04. The van der Waals surface area contributed by atoms with Crippen molar-refractivity contribution in [3.05, 3.63) is 76.7 Å². The summed E-state index contributed by atoms with van der Waals surface area (Å²) in [6.07, 6.45) is 1.80. The molecule has 0 aliphatic carbocycles. The summed E-state index contributed by atoms with van der Waals surface area (Å²) < 4.78 is 12.0. The molecular formula is C22H17NO3S2. The molecule has 4 rings (SSSR count). The van der Waals surface area contributed by atoms with Gasteiger partial charge in [0.15, 0.2) is 11.5 Å². The molecular weight excluding hydrogens is 390 g/mol. The molecule has 0 atom stereocenters. The Morgan fingerprint density at radius 3 is 2.68 bits per heavy atom. The van der Waals surface area contributed by atoms with Crippen LogP contribution < -0.4 is 14.8 Å². The molecule has 140 valence electrons. The van der Waals surface area contributed by atoms with Crippen LogP contribution in [-0.4, -0.2) is 17.3 Å². The van der Waals surface area contributed by atoms with E-state index in [1.165, 1.54) is 17.1 Å². The maximum Gasteiger partial charge on any atom is 0.263 e. The molecule has 28 heavy (non-hydrogen) atoms. The standard InChI is InChI=1S/C22H17NO3S2/c1-25-18-10-9-14(12-20-21(24)23-22(27)28-20)11-19(18)26-13-16-7-4-6-15-5-2-3-8-17(15)16/h2-12H,13H2,1H3,(H,23,24,27)/b20-12+. The van der Waals surface area contributed by atoms with Gasteiger partial charge in [-0.3, -0.25) is 4.79 Å². The summed E-state index contributed by atoms with van der Waals surface area (Å²) in [5.74, 6) is 1.08. The number of fused-ring (bicyclic) bond motifs is 1. The van der Waals surface area contributed by atoms with Crippen LogP contribution in [-0.2, 0) is 11.4 Å². The van der Waals surface area contributed by atoms with E-state index < -0.39 is 0 Å². The van der Waals surface area contributed by atoms with Crippen LogP contribution in [0.3, 0.4) is 0 Å². The lowest BCUT2D eigenvalue weighted by molar-refractivity contribution is -0.115. The maximum atomic E-state index is 11.9. The summed E-state index contributed by atoms with van der Waals surface area (Å²) in [7, 11) is 1.61. The minimum atomic E-state index is -0.177. The second kappa shape index (κ2) is 8.04. The van der Waals surface area contributed by atoms with Crippen LogP contribution in [0.2, 0.25) is 0 Å². The summed E-state index contributed by atoms with van der Waals surface area (Å²) in [6, 6.07) is 20.0. The molecule has 1 fully saturated rings. The van der Waals surface area contributed by atoms with Gasteiger partial charge >= 0.3 is 0 Å². The van der Waals surface area contributed by atoms with Crippen LogP contribution >= 0.6 is 24.0 Å². The van der Waals surface area contributed by atoms with Crippen molar-refractivity contribution in [1.82, 2.24) is 5.32 Å². The molecule has 3 aromatic carbocycles. The lowest BCUT2D eigenvalue weighted by Gasteiger charge is -2.13. The third kappa shape index (κ3) is 3.88. The molecule has 0 radical (unpaired) electrons. The van der Waals surface area contributed by atoms with Crippen molar-refractivity contribution in [3.8, 4) is 11.5 Å². The molecule has 1 aliphatic heterocycles. The normalized spacial score (nSPS) is 15.1. The van der Waals surface area contributed by atoms with Crippen molar-refractivity contribution in [3.63, 3.8) is 0 Å². The zero-order valence-electron chi connectivity index (χ0n) is 15.1. The predicted molar refractivity (Wildman–Crippen MR) is 118 cm³/mol. The predicted octanol–water partition coefficient (Wildman–Crippen LogP) is 4.92. The topological polar surface area (TPSA) is 47.6 Å². The highest BCUT2D eigenvalue weighted by Crippen LogP contribution is 2.32. The first-order chi connectivity index (χ1) is 13.6. The molecule has 0 bridgehead atoms. The van der Waals surface area contributed by atoms with E-state index in [2.05, 4.69) is 29.6 Å². The summed E-state index contributed by atoms with van der Waals surface area (Å²) in [4.78, 5) is 12.5. The third-order valence-corrected chi connectivity index (χ3v) is 5.55. The molecule has 1 saturated heterocycles. The Morgan fingerprint density at radius 2 is 1.89 bits per heavy atom. The minimum Gasteiger partial charge on any atom is -0.493 e. The Kier molecular flexibility index (Phi) is 5.32. The number of amides is 1. The SMILES string of the molecule is COc1ccc(/C=C2/SC(=S)NC2=O)cc1OCc1cccc2ccccc12. The fourth-order valence-corrected chi connectivity index (χ4v) is 4.09. The van der Waals surface area contributed by atoms with Gasteiger partial charge in [0, 0.05) is 0 Å². The van der Waals surface area contributed by atoms with E-state index in [0.29, 0.717) is 27.3 Å². The summed E-state index contributed by atoms with van der Waals surface area (Å²) in [5.41, 5.74) is 1.94. The van der Waals surface area contributed by atoms with Crippen molar-refractivity contribution in [2.45, 2.75) is 6.61 Å². The van der Waals surface area contributed by atoms with E-state index in [9.17, 15) is 4.79 Å². The summed E-state index contributed by atoms with van der Waals surface area (Å²) in [6.45, 7) is 0.414. The van der Waals surface area contributed by atoms with E-state index in [0.717, 1.165) is 16.5 Å². The minimum absolute atomic E-state index is 0.177. The number of carbonyl (C=O) groups is 1. The number of hydrogen-bond donors (Lipinski definition) is 1. The first kappa shape index (κ1) is 18.5. The monoisotopic (exact) mass is 407 g/mol. The van der Waals surface area contributed by atoms with Gasteiger partial charge in [0.1, 0.15) is 10.9 Å². The smallest absolute Gasteiger partial charge is 0.263 e. The number of carbonyl (C=O) groups excluding carboxylic acids is 1. The van der Waals surface area contributed by atoms with Gasteiger partial charge in [0.05, 0.1) is 12.0 Å². The molecule has 0 unspecified atom stereocenters. The Morgan fingerprint density at radius 1 is 1.07 bits per heavy atom. The van der Waals surface area contributed by atoms with Gasteiger partial charge in [-0.05, 0) is 40.1 Å². The Balaban J connectivity index is 1.61. The lowest BCUT2D eigenvalue weighted by atomic mass is 10.1. The van der Waals surface area contributed by atoms with Crippen LogP contribution in [0.4, 0.5) is 0 Å². The summed E-state index contributed by atoms with van der Waals surface area (Å²) >= 11 is 6.29. The first-order valence-corrected chi connectivity index (χ1v) is 9.89. The zero-order chi connectivity index (χ0) is 19.5. The highest BCUT2D eigenvalue weighted by molar-refractivity contribution is 8.26. The van der Waals surface area contributed by atoms with Gasteiger partial charge in [-0.1, -0.05) is 72.5 Å². The highest BCUT2D eigenvalue weighted by atomic mass is 32.2. The molecule has 3 aromatic rings. The molecule has 0 spiro atoms. The first-order valence-electron chi connectivity index (χ1n) is 8.66. The van der Waals surface area contributed by atoms with Gasteiger partial charge in [0.2, 0.25) is 0 Å². The number of nitrogens with one attached hydrogen (secondary N) is 1. The molecule has 4 nitrogen and oxygen atoms in total. The second-order valence-corrected chi connectivity index (χ2v) is 7.91. The van der Waals surface area contributed by atoms with Crippen LogP contribution in [0.25, 0.3) is 16.8 Å². The van der Waals surface area contributed by atoms with Crippen LogP contribution in [0, 0.1) is 0 Å². The van der Waals surface area contributed by atoms with E-state index in [-0.39, 0.29) is 5.91 Å². The van der Waals surface area contributed by atoms with Crippen molar-refractivity contribution in [1.29, 1.82) is 0 Å². The molecule has 1 heterocycles. The number of ether oxygens (including phenoxy) is 2. The number of benzene rings is 3. The fraction of sp³-hybridized carbons (Fsp3) is 0.0909. The average molecular weight is 408 g/mol. The van der Waals surface area contributed by atoms with Crippen LogP contribution in [0.5, 0.6) is 11.5 Å². The molecule has 1 N–H and O–H groups in total.